The molecule has 1 amide bonds. The van der Waals surface area contributed by atoms with E-state index >= 15 is 0 Å². The molecule has 0 spiro atoms. The van der Waals surface area contributed by atoms with Crippen LogP contribution in [0.1, 0.15) is 43.4 Å². The lowest BCUT2D eigenvalue weighted by Gasteiger charge is -2.36. The molecule has 0 unspecified atom stereocenters. The first-order valence-electron chi connectivity index (χ1n) is 7.78. The summed E-state index contributed by atoms with van der Waals surface area (Å²) >= 11 is 1.75. The van der Waals surface area contributed by atoms with E-state index in [9.17, 15) is 13.2 Å². The molecule has 2 heterocycles. The molecule has 1 aromatic rings. The zero-order chi connectivity index (χ0) is 16.0. The molecule has 1 aromatic heterocycles. The number of hydrogen-bond donors (Lipinski definition) is 1. The Labute approximate surface area is 136 Å². The van der Waals surface area contributed by atoms with Crippen LogP contribution in [-0.4, -0.2) is 37.6 Å². The highest BCUT2D eigenvalue weighted by molar-refractivity contribution is 7.89. The Bertz CT molecular complexity index is 570. The number of aryl methyl sites for hydroxylation is 1. The summed E-state index contributed by atoms with van der Waals surface area (Å²) in [5, 5.41) is 7.05. The molecule has 1 fully saturated rings. The molecule has 0 aliphatic carbocycles. The maximum absolute atomic E-state index is 12.3. The number of sulfonamides is 1. The number of thiophene rings is 1. The van der Waals surface area contributed by atoms with Crippen molar-refractivity contribution < 1.29 is 13.2 Å². The number of carbonyl (C=O) groups is 1. The molecule has 0 radical (unpaired) electrons. The number of nitrogens with zero attached hydrogens (tertiary/aromatic N) is 1. The van der Waals surface area contributed by atoms with Crippen molar-refractivity contribution in [1.82, 2.24) is 4.90 Å². The lowest BCUT2D eigenvalue weighted by atomic mass is 9.97. The van der Waals surface area contributed by atoms with E-state index in [-0.39, 0.29) is 24.1 Å². The molecule has 2 rings (SSSR count). The second-order valence-electron chi connectivity index (χ2n) is 5.83. The normalized spacial score (nSPS) is 19.3. The van der Waals surface area contributed by atoms with Crippen LogP contribution in [0.4, 0.5) is 0 Å². The minimum Gasteiger partial charge on any atom is -0.340 e. The van der Waals surface area contributed by atoms with E-state index in [2.05, 4.69) is 17.5 Å². The third-order valence-corrected chi connectivity index (χ3v) is 5.86. The SMILES string of the molecule is NS(=O)(=O)CCCC(=O)N1CCCC[C@@H]1CCc1cccs1. The van der Waals surface area contributed by atoms with Crippen molar-refractivity contribution >= 4 is 27.3 Å². The van der Waals surface area contributed by atoms with Gasteiger partial charge in [-0.25, -0.2) is 13.6 Å². The van der Waals surface area contributed by atoms with Gasteiger partial charge in [-0.2, -0.15) is 0 Å². The van der Waals surface area contributed by atoms with Crippen LogP contribution < -0.4 is 5.14 Å². The first-order chi connectivity index (χ1) is 10.5. The van der Waals surface area contributed by atoms with E-state index in [1.165, 1.54) is 4.88 Å². The van der Waals surface area contributed by atoms with Gasteiger partial charge in [0.2, 0.25) is 15.9 Å². The third kappa shape index (κ3) is 5.70. The lowest BCUT2D eigenvalue weighted by Crippen LogP contribution is -2.44. The molecule has 1 atom stereocenters. The Hall–Kier alpha value is -0.920. The topological polar surface area (TPSA) is 80.5 Å². The Morgan fingerprint density at radius 2 is 2.23 bits per heavy atom. The van der Waals surface area contributed by atoms with Gasteiger partial charge < -0.3 is 4.90 Å². The first-order valence-corrected chi connectivity index (χ1v) is 10.4. The molecule has 1 saturated heterocycles. The molecule has 0 aromatic carbocycles. The minimum atomic E-state index is -3.47. The molecule has 5 nitrogen and oxygen atoms in total. The van der Waals surface area contributed by atoms with Crippen LogP contribution in [0.3, 0.4) is 0 Å². The van der Waals surface area contributed by atoms with E-state index in [1.807, 2.05) is 4.90 Å². The first kappa shape index (κ1) is 17.4. The predicted molar refractivity (Wildman–Crippen MR) is 89.2 cm³/mol. The lowest BCUT2D eigenvalue weighted by molar-refractivity contribution is -0.135. The zero-order valence-corrected chi connectivity index (χ0v) is 14.4. The van der Waals surface area contributed by atoms with Gasteiger partial charge in [-0.15, -0.1) is 11.3 Å². The highest BCUT2D eigenvalue weighted by Crippen LogP contribution is 2.23. The fourth-order valence-corrected chi connectivity index (χ4v) is 4.23. The highest BCUT2D eigenvalue weighted by atomic mass is 32.2. The Balaban J connectivity index is 1.84. The number of rotatable bonds is 7. The number of likely N-dealkylation sites (tertiary alicyclic amines) is 1. The maximum Gasteiger partial charge on any atom is 0.222 e. The van der Waals surface area contributed by atoms with Crippen LogP contribution >= 0.6 is 11.3 Å². The quantitative estimate of drug-likeness (QED) is 0.823. The van der Waals surface area contributed by atoms with Gasteiger partial charge in [0, 0.05) is 23.9 Å². The second-order valence-corrected chi connectivity index (χ2v) is 8.59. The number of hydrogen-bond acceptors (Lipinski definition) is 4. The standard InChI is InChI=1S/C15H24N2O3S2/c16-22(19,20)12-4-7-15(18)17-10-2-1-5-13(17)8-9-14-6-3-11-21-14/h3,6,11,13H,1-2,4-5,7-10,12H2,(H2,16,19,20)/t13-/m1/s1. The van der Waals surface area contributed by atoms with Crippen molar-refractivity contribution in [2.24, 2.45) is 5.14 Å². The number of nitrogens with two attached hydrogens (primary N) is 1. The summed E-state index contributed by atoms with van der Waals surface area (Å²) in [5.41, 5.74) is 0. The fraction of sp³-hybridized carbons (Fsp3) is 0.667. The minimum absolute atomic E-state index is 0.0690. The van der Waals surface area contributed by atoms with Gasteiger partial charge in [0.05, 0.1) is 5.75 Å². The van der Waals surface area contributed by atoms with E-state index in [0.717, 1.165) is 38.6 Å². The number of amides is 1. The van der Waals surface area contributed by atoms with Crippen LogP contribution in [0.2, 0.25) is 0 Å². The molecule has 0 saturated carbocycles. The van der Waals surface area contributed by atoms with Crippen molar-refractivity contribution in [3.8, 4) is 0 Å². The number of primary sulfonamides is 1. The monoisotopic (exact) mass is 344 g/mol. The summed E-state index contributed by atoms with van der Waals surface area (Å²) in [6, 6.07) is 4.47. The van der Waals surface area contributed by atoms with E-state index in [0.29, 0.717) is 6.42 Å². The Kier molecular flexibility index (Phi) is 6.40. The van der Waals surface area contributed by atoms with Crippen molar-refractivity contribution in [3.05, 3.63) is 22.4 Å². The Morgan fingerprint density at radius 3 is 2.91 bits per heavy atom. The van der Waals surface area contributed by atoms with Crippen molar-refractivity contribution in [3.63, 3.8) is 0 Å². The summed E-state index contributed by atoms with van der Waals surface area (Å²) in [5.74, 6) is -0.0496. The summed E-state index contributed by atoms with van der Waals surface area (Å²) < 4.78 is 21.9. The van der Waals surface area contributed by atoms with Gasteiger partial charge in [0.25, 0.3) is 0 Å². The zero-order valence-electron chi connectivity index (χ0n) is 12.7. The average molecular weight is 345 g/mol. The van der Waals surface area contributed by atoms with E-state index in [1.54, 1.807) is 11.3 Å². The average Bonchev–Trinajstić information content (AvgIpc) is 2.97. The molecule has 1 aliphatic rings. The van der Waals surface area contributed by atoms with Gasteiger partial charge in [-0.1, -0.05) is 6.07 Å². The third-order valence-electron chi connectivity index (χ3n) is 4.07. The van der Waals surface area contributed by atoms with Gasteiger partial charge in [-0.3, -0.25) is 4.79 Å². The van der Waals surface area contributed by atoms with Gasteiger partial charge in [0.1, 0.15) is 0 Å². The molecule has 22 heavy (non-hydrogen) atoms. The van der Waals surface area contributed by atoms with Gasteiger partial charge >= 0.3 is 0 Å². The molecular formula is C15H24N2O3S2. The maximum atomic E-state index is 12.3. The van der Waals surface area contributed by atoms with E-state index in [4.69, 9.17) is 5.14 Å². The van der Waals surface area contributed by atoms with Crippen molar-refractivity contribution in [1.29, 1.82) is 0 Å². The Morgan fingerprint density at radius 1 is 1.41 bits per heavy atom. The molecule has 1 aliphatic heterocycles. The molecule has 124 valence electrons. The van der Waals surface area contributed by atoms with Gasteiger partial charge in [-0.05, 0) is 50.0 Å². The molecule has 0 bridgehead atoms. The van der Waals surface area contributed by atoms with Crippen LogP contribution in [0.5, 0.6) is 0 Å². The smallest absolute Gasteiger partial charge is 0.222 e. The predicted octanol–water partition coefficient (Wildman–Crippen LogP) is 2.13. The van der Waals surface area contributed by atoms with Crippen LogP contribution in [-0.2, 0) is 21.2 Å². The summed E-state index contributed by atoms with van der Waals surface area (Å²) in [7, 11) is -3.47. The summed E-state index contributed by atoms with van der Waals surface area (Å²) in [6.45, 7) is 0.795. The summed E-state index contributed by atoms with van der Waals surface area (Å²) in [6.07, 6.45) is 5.82. The fourth-order valence-electron chi connectivity index (χ4n) is 2.96. The van der Waals surface area contributed by atoms with Crippen molar-refractivity contribution in [2.45, 2.75) is 51.0 Å². The van der Waals surface area contributed by atoms with Crippen LogP contribution in [0, 0.1) is 0 Å². The van der Waals surface area contributed by atoms with E-state index < -0.39 is 10.0 Å². The largest absolute Gasteiger partial charge is 0.340 e. The molecular weight excluding hydrogens is 320 g/mol. The highest BCUT2D eigenvalue weighted by Gasteiger charge is 2.26. The number of carbonyl (C=O) groups excluding carboxylic acids is 1. The second kappa shape index (κ2) is 8.08. The van der Waals surface area contributed by atoms with Crippen LogP contribution in [0.25, 0.3) is 0 Å². The molecule has 2 N–H and O–H groups in total. The number of piperidine rings is 1. The molecule has 7 heteroatoms. The summed E-state index contributed by atoms with van der Waals surface area (Å²) in [4.78, 5) is 15.7. The van der Waals surface area contributed by atoms with Gasteiger partial charge in [0.15, 0.2) is 0 Å². The van der Waals surface area contributed by atoms with Crippen molar-refractivity contribution in [2.75, 3.05) is 12.3 Å². The van der Waals surface area contributed by atoms with Crippen LogP contribution in [0.15, 0.2) is 17.5 Å².